The lowest BCUT2D eigenvalue weighted by Crippen LogP contribution is -2.16. The van der Waals surface area contributed by atoms with Crippen molar-refractivity contribution in [2.75, 3.05) is 0 Å². The highest BCUT2D eigenvalue weighted by Crippen LogP contribution is 2.37. The highest BCUT2D eigenvalue weighted by molar-refractivity contribution is 6.53. The van der Waals surface area contributed by atoms with Gasteiger partial charge < -0.3 is 0 Å². The molecule has 8 rings (SSSR count). The van der Waals surface area contributed by atoms with Crippen LogP contribution in [0.4, 0.5) is 0 Å². The van der Waals surface area contributed by atoms with Crippen LogP contribution in [0.5, 0.6) is 0 Å². The molecular formula is C40H26N4. The average Bonchev–Trinajstić information content (AvgIpc) is 3.09. The predicted molar refractivity (Wildman–Crippen MR) is 182 cm³/mol. The molecule has 1 aliphatic rings. The average molecular weight is 563 g/mol. The molecule has 206 valence electrons. The lowest BCUT2D eigenvalue weighted by atomic mass is 9.87. The Balaban J connectivity index is 1.28. The van der Waals surface area contributed by atoms with Crippen LogP contribution in [0, 0.1) is 10.8 Å². The molecule has 0 fully saturated rings. The molecule has 0 aliphatic heterocycles. The van der Waals surface area contributed by atoms with Gasteiger partial charge in [0.2, 0.25) is 0 Å². The number of hydrogen-bond acceptors (Lipinski definition) is 4. The minimum atomic E-state index is 0.227. The van der Waals surface area contributed by atoms with Crippen LogP contribution in [-0.4, -0.2) is 21.4 Å². The van der Waals surface area contributed by atoms with E-state index in [9.17, 15) is 0 Å². The Labute approximate surface area is 255 Å². The number of rotatable bonds is 4. The first-order valence-corrected chi connectivity index (χ1v) is 14.6. The number of fused-ring (bicyclic) bond motifs is 4. The van der Waals surface area contributed by atoms with Gasteiger partial charge in [-0.2, -0.15) is 0 Å². The maximum Gasteiger partial charge on any atom is 0.161 e. The van der Waals surface area contributed by atoms with Gasteiger partial charge in [-0.15, -0.1) is 0 Å². The fourth-order valence-electron chi connectivity index (χ4n) is 6.11. The van der Waals surface area contributed by atoms with Gasteiger partial charge in [-0.3, -0.25) is 10.8 Å². The van der Waals surface area contributed by atoms with Crippen molar-refractivity contribution in [3.8, 4) is 44.9 Å². The zero-order valence-electron chi connectivity index (χ0n) is 23.8. The zero-order valence-corrected chi connectivity index (χ0v) is 23.8. The van der Waals surface area contributed by atoms with Crippen molar-refractivity contribution in [1.29, 1.82) is 10.8 Å². The summed E-state index contributed by atoms with van der Waals surface area (Å²) < 4.78 is 0. The van der Waals surface area contributed by atoms with Gasteiger partial charge in [0, 0.05) is 22.1 Å². The molecule has 2 N–H and O–H groups in total. The second-order valence-electron chi connectivity index (χ2n) is 11.0. The Hall–Kier alpha value is -6.00. The SMILES string of the molecule is N=C1C=Cc2ccc3ccc(-c4ccccc4-c4nc(-c5ccc(-c6ccccc6)cc5)c5ccccc5n4)cc3c2C1=N. The third kappa shape index (κ3) is 4.32. The molecule has 1 heterocycles. The van der Waals surface area contributed by atoms with Gasteiger partial charge in [-0.05, 0) is 56.8 Å². The molecule has 7 aromatic rings. The molecule has 1 aromatic heterocycles. The van der Waals surface area contributed by atoms with E-state index in [1.807, 2.05) is 48.5 Å². The quantitative estimate of drug-likeness (QED) is 0.224. The van der Waals surface area contributed by atoms with Crippen LogP contribution in [-0.2, 0) is 0 Å². The monoisotopic (exact) mass is 562 g/mol. The number of aromatic nitrogens is 2. The smallest absolute Gasteiger partial charge is 0.161 e. The van der Waals surface area contributed by atoms with E-state index in [4.69, 9.17) is 20.8 Å². The largest absolute Gasteiger partial charge is 0.299 e. The van der Waals surface area contributed by atoms with Crippen LogP contribution < -0.4 is 0 Å². The Bertz CT molecular complexity index is 2300. The van der Waals surface area contributed by atoms with E-state index in [0.29, 0.717) is 5.82 Å². The molecule has 0 spiro atoms. The molecule has 0 amide bonds. The minimum absolute atomic E-state index is 0.227. The summed E-state index contributed by atoms with van der Waals surface area (Å²) in [6, 6.07) is 45.8. The van der Waals surface area contributed by atoms with Crippen molar-refractivity contribution in [2.45, 2.75) is 0 Å². The Morgan fingerprint density at radius 1 is 0.477 bits per heavy atom. The predicted octanol–water partition coefficient (Wildman–Crippen LogP) is 9.87. The van der Waals surface area contributed by atoms with Crippen molar-refractivity contribution in [1.82, 2.24) is 9.97 Å². The van der Waals surface area contributed by atoms with Crippen LogP contribution in [0.1, 0.15) is 11.1 Å². The van der Waals surface area contributed by atoms with Gasteiger partial charge >= 0.3 is 0 Å². The van der Waals surface area contributed by atoms with Gasteiger partial charge in [0.05, 0.1) is 22.6 Å². The van der Waals surface area contributed by atoms with Crippen LogP contribution in [0.3, 0.4) is 0 Å². The third-order valence-electron chi connectivity index (χ3n) is 8.35. The molecule has 0 radical (unpaired) electrons. The van der Waals surface area contributed by atoms with Gasteiger partial charge in [0.1, 0.15) is 0 Å². The van der Waals surface area contributed by atoms with Crippen LogP contribution >= 0.6 is 0 Å². The van der Waals surface area contributed by atoms with Gasteiger partial charge in [0.25, 0.3) is 0 Å². The van der Waals surface area contributed by atoms with E-state index in [2.05, 4.69) is 91.0 Å². The van der Waals surface area contributed by atoms with E-state index < -0.39 is 0 Å². The van der Waals surface area contributed by atoms with E-state index in [-0.39, 0.29) is 11.4 Å². The van der Waals surface area contributed by atoms with Crippen molar-refractivity contribution in [3.63, 3.8) is 0 Å². The van der Waals surface area contributed by atoms with Crippen LogP contribution in [0.15, 0.2) is 140 Å². The first-order valence-electron chi connectivity index (χ1n) is 14.6. The molecule has 4 nitrogen and oxygen atoms in total. The van der Waals surface area contributed by atoms with E-state index in [1.54, 1.807) is 6.08 Å². The molecule has 0 unspecified atom stereocenters. The summed E-state index contributed by atoms with van der Waals surface area (Å²) in [5, 5.41) is 19.9. The second kappa shape index (κ2) is 10.4. The summed E-state index contributed by atoms with van der Waals surface area (Å²) >= 11 is 0. The maximum atomic E-state index is 8.66. The highest BCUT2D eigenvalue weighted by atomic mass is 14.9. The van der Waals surface area contributed by atoms with Crippen LogP contribution in [0.2, 0.25) is 0 Å². The molecule has 0 saturated carbocycles. The lowest BCUT2D eigenvalue weighted by Gasteiger charge is -2.17. The number of nitrogens with zero attached hydrogens (tertiary/aromatic N) is 2. The number of hydrogen-bond donors (Lipinski definition) is 2. The number of allylic oxidation sites excluding steroid dienone is 1. The summed E-state index contributed by atoms with van der Waals surface area (Å²) in [5.41, 5.74) is 10.4. The summed E-state index contributed by atoms with van der Waals surface area (Å²) in [4.78, 5) is 10.3. The van der Waals surface area contributed by atoms with Gasteiger partial charge in [0.15, 0.2) is 5.82 Å². The number of nitrogens with one attached hydrogen (secondary N) is 2. The van der Waals surface area contributed by atoms with Gasteiger partial charge in [-0.25, -0.2) is 9.97 Å². The summed E-state index contributed by atoms with van der Waals surface area (Å²) in [7, 11) is 0. The van der Waals surface area contributed by atoms with Crippen molar-refractivity contribution >= 4 is 39.2 Å². The normalized spacial score (nSPS) is 12.5. The van der Waals surface area contributed by atoms with Crippen molar-refractivity contribution in [3.05, 3.63) is 151 Å². The Morgan fingerprint density at radius 2 is 1.14 bits per heavy atom. The van der Waals surface area contributed by atoms with Crippen molar-refractivity contribution < 1.29 is 0 Å². The molecule has 1 aliphatic carbocycles. The second-order valence-corrected chi connectivity index (χ2v) is 11.0. The molecular weight excluding hydrogens is 536 g/mol. The fourth-order valence-corrected chi connectivity index (χ4v) is 6.11. The summed E-state index contributed by atoms with van der Waals surface area (Å²) in [6.07, 6.45) is 3.62. The van der Waals surface area contributed by atoms with Gasteiger partial charge in [-0.1, -0.05) is 127 Å². The molecule has 0 atom stereocenters. The minimum Gasteiger partial charge on any atom is -0.299 e. The standard InChI is InChI=1S/C40H26N4/c41-35-23-22-28-18-16-27-17-21-30(24-34(27)37(28)38(35)42)31-10-4-5-11-32(31)40-43-36-13-7-6-12-33(36)39(44-40)29-19-14-26(15-20-29)25-8-2-1-3-9-25/h1-24,41-42H. The zero-order chi connectivity index (χ0) is 29.6. The summed E-state index contributed by atoms with van der Waals surface area (Å²) in [5.74, 6) is 0.661. The fraction of sp³-hybridized carbons (Fsp3) is 0. The first kappa shape index (κ1) is 25.7. The first-order chi connectivity index (χ1) is 21.6. The highest BCUT2D eigenvalue weighted by Gasteiger charge is 2.19. The maximum absolute atomic E-state index is 8.66. The third-order valence-corrected chi connectivity index (χ3v) is 8.35. The topological polar surface area (TPSA) is 73.5 Å². The van der Waals surface area contributed by atoms with E-state index >= 15 is 0 Å². The number of benzene rings is 6. The molecule has 4 heteroatoms. The van der Waals surface area contributed by atoms with Crippen molar-refractivity contribution in [2.24, 2.45) is 0 Å². The molecule has 0 bridgehead atoms. The lowest BCUT2D eigenvalue weighted by molar-refractivity contribution is 1.23. The molecule has 6 aromatic carbocycles. The Morgan fingerprint density at radius 3 is 1.98 bits per heavy atom. The van der Waals surface area contributed by atoms with E-state index in [0.717, 1.165) is 66.3 Å². The summed E-state index contributed by atoms with van der Waals surface area (Å²) in [6.45, 7) is 0. The van der Waals surface area contributed by atoms with Crippen LogP contribution in [0.25, 0.3) is 72.7 Å². The number of para-hydroxylation sites is 1. The molecule has 44 heavy (non-hydrogen) atoms. The van der Waals surface area contributed by atoms with E-state index in [1.165, 1.54) is 5.56 Å². The molecule has 0 saturated heterocycles. The Kier molecular flexibility index (Phi) is 6.05.